The van der Waals surface area contributed by atoms with Crippen LogP contribution in [-0.4, -0.2) is 0 Å². The number of rotatable bonds is 5. The summed E-state index contributed by atoms with van der Waals surface area (Å²) in [6.45, 7) is 4.26. The van der Waals surface area contributed by atoms with E-state index in [4.69, 9.17) is 11.0 Å². The molecule has 13 rings (SSSR count). The van der Waals surface area contributed by atoms with Gasteiger partial charge in [-0.05, 0) is 156 Å². The summed E-state index contributed by atoms with van der Waals surface area (Å²) >= 11 is 0. The van der Waals surface area contributed by atoms with Crippen molar-refractivity contribution in [2.24, 2.45) is 0 Å². The summed E-state index contributed by atoms with van der Waals surface area (Å²) in [6, 6.07) is 17.3. The highest BCUT2D eigenvalue weighted by molar-refractivity contribution is 6.27. The molecule has 1 aliphatic rings. The molecule has 0 spiro atoms. The van der Waals surface area contributed by atoms with Gasteiger partial charge in [0.25, 0.3) is 0 Å². The molecule has 1 aliphatic carbocycles. The minimum Gasteiger partial charge on any atom is -0.0622 e. The van der Waals surface area contributed by atoms with Gasteiger partial charge < -0.3 is 0 Å². The van der Waals surface area contributed by atoms with Crippen LogP contribution in [0.5, 0.6) is 0 Å². The number of fused-ring (bicyclic) bond motifs is 3. The van der Waals surface area contributed by atoms with E-state index in [2.05, 4.69) is 32.0 Å². The molecule has 0 heterocycles. The van der Waals surface area contributed by atoms with Gasteiger partial charge in [0, 0.05) is 5.41 Å². The van der Waals surface area contributed by atoms with Gasteiger partial charge in [0.15, 0.2) is 0 Å². The van der Waals surface area contributed by atoms with Crippen molar-refractivity contribution in [1.29, 1.82) is 0 Å². The molecule has 0 atom stereocenters. The standard InChI is InChI=1S/C60H40/c1-60(2)54-17-7-6-16-47(54)48-29-26-43(35-55(48)60)51-33-44(45-27-22-41-20-18-37-12-8-14-39-24-30-49(45)58(41)56(37)39)34-53(52(51)32-36-10-4-3-5-11-36)46-28-23-42-21-19-38-13-9-15-40-25-31-50(46)59(42)57(38)40/h3-31,33-35H,32H2,1-2H3/i8D,9D,12D,13D,14D,15D,18D,19D,20D,21D,22D,23D,24D,25D,27D,28D,30D,31D. The average molecular weight is 779 g/mol. The molecule has 280 valence electrons. The van der Waals surface area contributed by atoms with E-state index in [1.807, 2.05) is 54.6 Å². The fraction of sp³-hybridized carbons (Fsp3) is 0.0667. The van der Waals surface area contributed by atoms with Gasteiger partial charge in [0.1, 0.15) is 0 Å². The van der Waals surface area contributed by atoms with Crippen molar-refractivity contribution in [2.75, 3.05) is 0 Å². The summed E-state index contributed by atoms with van der Waals surface area (Å²) in [5, 5.41) is -1.61. The maximum absolute atomic E-state index is 10.1. The molecule has 12 aromatic carbocycles. The van der Waals surface area contributed by atoms with E-state index in [1.54, 1.807) is 12.1 Å². The van der Waals surface area contributed by atoms with Crippen LogP contribution in [0.2, 0.25) is 0 Å². The van der Waals surface area contributed by atoms with Gasteiger partial charge >= 0.3 is 0 Å². The summed E-state index contributed by atoms with van der Waals surface area (Å²) in [6.07, 6.45) is 0.137. The van der Waals surface area contributed by atoms with Crippen molar-refractivity contribution in [2.45, 2.75) is 25.7 Å². The number of benzene rings is 12. The second-order valence-corrected chi connectivity index (χ2v) is 16.1. The molecule has 0 fully saturated rings. The number of hydrogen-bond donors (Lipinski definition) is 0. The van der Waals surface area contributed by atoms with Crippen LogP contribution >= 0.6 is 0 Å². The van der Waals surface area contributed by atoms with E-state index in [0.29, 0.717) is 16.7 Å². The highest BCUT2D eigenvalue weighted by Gasteiger charge is 2.35. The number of hydrogen-bond acceptors (Lipinski definition) is 0. The average Bonchev–Trinajstić information content (AvgIpc) is 3.77. The Labute approximate surface area is 375 Å². The first kappa shape index (κ1) is 20.6. The fourth-order valence-corrected chi connectivity index (χ4v) is 9.70. The molecule has 0 radical (unpaired) electrons. The van der Waals surface area contributed by atoms with Crippen LogP contribution in [0, 0.1) is 0 Å². The van der Waals surface area contributed by atoms with Crippen LogP contribution < -0.4 is 0 Å². The van der Waals surface area contributed by atoms with Crippen molar-refractivity contribution in [3.8, 4) is 44.5 Å². The quantitative estimate of drug-likeness (QED) is 0.153. The predicted molar refractivity (Wildman–Crippen MR) is 257 cm³/mol. The summed E-state index contributed by atoms with van der Waals surface area (Å²) in [5.74, 6) is 0. The lowest BCUT2D eigenvalue weighted by molar-refractivity contribution is 0.660. The maximum atomic E-state index is 10.1. The van der Waals surface area contributed by atoms with E-state index in [1.165, 1.54) is 0 Å². The Hall–Kier alpha value is -7.28. The lowest BCUT2D eigenvalue weighted by atomic mass is 9.79. The van der Waals surface area contributed by atoms with Gasteiger partial charge in [-0.3, -0.25) is 0 Å². The van der Waals surface area contributed by atoms with Gasteiger partial charge in [-0.2, -0.15) is 0 Å². The second kappa shape index (κ2) is 12.4. The Morgan fingerprint density at radius 1 is 0.383 bits per heavy atom. The molecule has 0 saturated heterocycles. The molecule has 0 aromatic heterocycles. The van der Waals surface area contributed by atoms with E-state index in [-0.39, 0.29) is 93.3 Å². The zero-order valence-corrected chi connectivity index (χ0v) is 32.3. The molecule has 0 saturated carbocycles. The molecule has 0 amide bonds. The molecule has 0 unspecified atom stereocenters. The molecule has 0 nitrogen and oxygen atoms in total. The molecule has 12 aromatic rings. The van der Waals surface area contributed by atoms with Crippen molar-refractivity contribution >= 4 is 64.6 Å². The summed E-state index contributed by atoms with van der Waals surface area (Å²) in [7, 11) is 0. The largest absolute Gasteiger partial charge is 0.0630 e. The molecular weight excluding hydrogens is 721 g/mol. The zero-order chi connectivity index (χ0) is 55.4. The molecular formula is C60H40. The first-order chi connectivity index (χ1) is 37.0. The summed E-state index contributed by atoms with van der Waals surface area (Å²) in [5.41, 5.74) is 6.30. The van der Waals surface area contributed by atoms with Gasteiger partial charge in [0.05, 0.1) is 24.7 Å². The van der Waals surface area contributed by atoms with Crippen LogP contribution in [0.25, 0.3) is 109 Å². The van der Waals surface area contributed by atoms with Crippen molar-refractivity contribution in [3.05, 3.63) is 216 Å². The zero-order valence-electron chi connectivity index (χ0n) is 50.3. The highest BCUT2D eigenvalue weighted by atomic mass is 14.4. The van der Waals surface area contributed by atoms with Crippen LogP contribution in [-0.2, 0) is 11.8 Å². The Bertz CT molecular complexity index is 4700. The molecule has 60 heavy (non-hydrogen) atoms. The summed E-state index contributed by atoms with van der Waals surface area (Å²) in [4.78, 5) is 0. The van der Waals surface area contributed by atoms with Crippen LogP contribution in [0.3, 0.4) is 0 Å². The van der Waals surface area contributed by atoms with Crippen molar-refractivity contribution in [3.63, 3.8) is 0 Å². The van der Waals surface area contributed by atoms with Gasteiger partial charge in [-0.1, -0.05) is 189 Å². The molecule has 0 N–H and O–H groups in total. The lowest BCUT2D eigenvalue weighted by Crippen LogP contribution is -2.15. The predicted octanol–water partition coefficient (Wildman–Crippen LogP) is 16.4. The van der Waals surface area contributed by atoms with Crippen LogP contribution in [0.1, 0.15) is 60.8 Å². The van der Waals surface area contributed by atoms with Gasteiger partial charge in [-0.25, -0.2) is 0 Å². The van der Waals surface area contributed by atoms with Crippen molar-refractivity contribution in [1.82, 2.24) is 0 Å². The Balaban J connectivity index is 1.28. The smallest absolute Gasteiger partial charge is 0.0622 e. The van der Waals surface area contributed by atoms with Crippen LogP contribution in [0.4, 0.5) is 0 Å². The topological polar surface area (TPSA) is 0 Å². The third-order valence-corrected chi connectivity index (χ3v) is 12.6. The first-order valence-electron chi connectivity index (χ1n) is 28.8. The third kappa shape index (κ3) is 4.74. The minimum atomic E-state index is -0.607. The SMILES string of the molecule is [2H]c1c([2H])c2c([2H])c([2H])c3c([2H])c([2H])c(-c4cc(-c5ccc6c(c5)C(C)(C)c5ccccc5-6)c(Cc5ccccc5)c(-c5c([2H])c([2H])c6c([2H])c([2H])c7c([2H])c([2H])c([2H])c8c([2H])c([2H])c5c6c78)c4)c4c([2H])c([2H])c(c1[2H])c2c34. The van der Waals surface area contributed by atoms with E-state index >= 15 is 0 Å². The van der Waals surface area contributed by atoms with Gasteiger partial charge in [-0.15, -0.1) is 0 Å². The molecule has 0 heteroatoms. The minimum absolute atomic E-state index is 0.0142. The fourth-order valence-electron chi connectivity index (χ4n) is 9.70. The van der Waals surface area contributed by atoms with E-state index in [9.17, 15) is 13.7 Å². The molecule has 0 bridgehead atoms. The van der Waals surface area contributed by atoms with Crippen molar-refractivity contribution < 1.29 is 24.7 Å². The Morgan fingerprint density at radius 3 is 1.57 bits per heavy atom. The highest BCUT2D eigenvalue weighted by Crippen LogP contribution is 2.51. The maximum Gasteiger partial charge on any atom is 0.0630 e. The Kier molecular flexibility index (Phi) is 4.25. The Morgan fingerprint density at radius 2 is 0.900 bits per heavy atom. The van der Waals surface area contributed by atoms with E-state index < -0.39 is 114 Å². The van der Waals surface area contributed by atoms with E-state index in [0.717, 1.165) is 27.8 Å². The molecule has 0 aliphatic heterocycles. The normalized spacial score (nSPS) is 17.6. The van der Waals surface area contributed by atoms with Crippen LogP contribution in [0.15, 0.2) is 194 Å². The van der Waals surface area contributed by atoms with Gasteiger partial charge in [0.2, 0.25) is 0 Å². The second-order valence-electron chi connectivity index (χ2n) is 16.1. The monoisotopic (exact) mass is 778 g/mol. The third-order valence-electron chi connectivity index (χ3n) is 12.6. The first-order valence-corrected chi connectivity index (χ1v) is 19.8. The summed E-state index contributed by atoms with van der Waals surface area (Å²) < 4.78 is 168. The lowest BCUT2D eigenvalue weighted by Gasteiger charge is -2.24.